The van der Waals surface area contributed by atoms with Crippen molar-refractivity contribution in [2.45, 2.75) is 31.7 Å². The summed E-state index contributed by atoms with van der Waals surface area (Å²) in [5.74, 6) is 0.438. The number of carbonyl (C=O) groups excluding carboxylic acids is 1. The molecule has 0 aromatic rings. The molecule has 0 aromatic carbocycles. The van der Waals surface area contributed by atoms with Crippen molar-refractivity contribution in [1.82, 2.24) is 4.90 Å². The van der Waals surface area contributed by atoms with Gasteiger partial charge in [0.2, 0.25) is 5.91 Å². The Morgan fingerprint density at radius 3 is 2.89 bits per heavy atom. The van der Waals surface area contributed by atoms with Crippen LogP contribution in [0.1, 0.15) is 25.7 Å². The van der Waals surface area contributed by atoms with Crippen molar-refractivity contribution >= 4 is 23.6 Å². The average molecular weight is 275 g/mol. The Bertz CT molecular complexity index is 285. The molecule has 0 aromatic heterocycles. The largest absolute Gasteiger partial charge is 0.481 e. The lowest BCUT2D eigenvalue weighted by Gasteiger charge is -2.35. The Kier molecular flexibility index (Phi) is 7.12. The lowest BCUT2D eigenvalue weighted by molar-refractivity contribution is -0.141. The van der Waals surface area contributed by atoms with Crippen LogP contribution in [0.4, 0.5) is 0 Å². The van der Waals surface area contributed by atoms with E-state index in [9.17, 15) is 9.59 Å². The Labute approximate surface area is 112 Å². The van der Waals surface area contributed by atoms with Gasteiger partial charge in [0.1, 0.15) is 0 Å². The van der Waals surface area contributed by atoms with Crippen molar-refractivity contribution in [3.05, 3.63) is 0 Å². The number of likely N-dealkylation sites (tertiary alicyclic amines) is 1. The van der Waals surface area contributed by atoms with E-state index in [0.717, 1.165) is 25.0 Å². The maximum atomic E-state index is 12.0. The van der Waals surface area contributed by atoms with E-state index in [1.807, 2.05) is 0 Å². The number of nitrogens with zero attached hydrogens (tertiary/aromatic N) is 1. The van der Waals surface area contributed by atoms with Crippen LogP contribution in [0, 0.1) is 0 Å². The van der Waals surface area contributed by atoms with E-state index in [0.29, 0.717) is 18.9 Å². The van der Waals surface area contributed by atoms with Gasteiger partial charge in [-0.1, -0.05) is 0 Å². The van der Waals surface area contributed by atoms with Crippen molar-refractivity contribution in [3.63, 3.8) is 0 Å². The topological polar surface area (TPSA) is 66.8 Å². The number of amides is 1. The molecule has 0 aliphatic carbocycles. The summed E-state index contributed by atoms with van der Waals surface area (Å²) in [6, 6.07) is -0.119. The molecule has 1 aliphatic rings. The Balaban J connectivity index is 2.39. The van der Waals surface area contributed by atoms with Crippen LogP contribution in [-0.2, 0) is 14.3 Å². The van der Waals surface area contributed by atoms with E-state index < -0.39 is 5.97 Å². The zero-order valence-electron chi connectivity index (χ0n) is 10.8. The fraction of sp³-hybridized carbons (Fsp3) is 0.833. The number of thioether (sulfide) groups is 1. The lowest BCUT2D eigenvalue weighted by atomic mass is 9.99. The van der Waals surface area contributed by atoms with Crippen LogP contribution in [-0.4, -0.2) is 59.7 Å². The number of methoxy groups -OCH3 is 1. The van der Waals surface area contributed by atoms with Crippen molar-refractivity contribution in [2.24, 2.45) is 0 Å². The SMILES string of the molecule is COCCSCC(=O)N1CCCCC1CC(=O)O. The molecule has 0 saturated carbocycles. The van der Waals surface area contributed by atoms with E-state index in [4.69, 9.17) is 9.84 Å². The fourth-order valence-electron chi connectivity index (χ4n) is 2.13. The van der Waals surface area contributed by atoms with Gasteiger partial charge < -0.3 is 14.7 Å². The highest BCUT2D eigenvalue weighted by molar-refractivity contribution is 7.99. The summed E-state index contributed by atoms with van der Waals surface area (Å²) in [5, 5.41) is 8.85. The Hall–Kier alpha value is -0.750. The maximum absolute atomic E-state index is 12.0. The van der Waals surface area contributed by atoms with Crippen molar-refractivity contribution < 1.29 is 19.4 Å². The molecule has 5 nitrogen and oxygen atoms in total. The third kappa shape index (κ3) is 5.27. The third-order valence-corrected chi connectivity index (χ3v) is 3.92. The molecule has 1 saturated heterocycles. The second-order valence-electron chi connectivity index (χ2n) is 4.38. The van der Waals surface area contributed by atoms with Crippen LogP contribution >= 0.6 is 11.8 Å². The molecule has 0 bridgehead atoms. The molecular formula is C12H21NO4S. The van der Waals surface area contributed by atoms with Crippen molar-refractivity contribution in [1.29, 1.82) is 0 Å². The van der Waals surface area contributed by atoms with Crippen LogP contribution in [0.25, 0.3) is 0 Å². The minimum absolute atomic E-state index is 0.0575. The van der Waals surface area contributed by atoms with Gasteiger partial charge in [-0.25, -0.2) is 0 Å². The molecule has 104 valence electrons. The number of hydrogen-bond donors (Lipinski definition) is 1. The third-order valence-electron chi connectivity index (χ3n) is 3.02. The molecule has 18 heavy (non-hydrogen) atoms. The molecule has 1 atom stereocenters. The standard InChI is InChI=1S/C12H21NO4S/c1-17-6-7-18-9-11(14)13-5-3-2-4-10(13)8-12(15)16/h10H,2-9H2,1H3,(H,15,16). The number of hydrogen-bond acceptors (Lipinski definition) is 4. The predicted octanol–water partition coefficient (Wildman–Crippen LogP) is 1.22. The number of ether oxygens (including phenoxy) is 1. The monoisotopic (exact) mass is 275 g/mol. The van der Waals surface area contributed by atoms with Crippen LogP contribution in [0.2, 0.25) is 0 Å². The number of carboxylic acid groups (broad SMARTS) is 1. The van der Waals surface area contributed by atoms with Gasteiger partial charge in [0.05, 0.1) is 18.8 Å². The first-order chi connectivity index (χ1) is 8.65. The smallest absolute Gasteiger partial charge is 0.305 e. The van der Waals surface area contributed by atoms with Crippen molar-refractivity contribution in [3.8, 4) is 0 Å². The number of rotatable bonds is 7. The first-order valence-corrected chi connectivity index (χ1v) is 7.38. The van der Waals surface area contributed by atoms with Crippen LogP contribution in [0.5, 0.6) is 0 Å². The van der Waals surface area contributed by atoms with E-state index in [-0.39, 0.29) is 18.4 Å². The predicted molar refractivity (Wildman–Crippen MR) is 70.8 cm³/mol. The quantitative estimate of drug-likeness (QED) is 0.708. The molecular weight excluding hydrogens is 254 g/mol. The zero-order chi connectivity index (χ0) is 13.4. The summed E-state index contributed by atoms with van der Waals surface area (Å²) in [7, 11) is 1.63. The first-order valence-electron chi connectivity index (χ1n) is 6.23. The minimum atomic E-state index is -0.827. The van der Waals surface area contributed by atoms with E-state index in [1.54, 1.807) is 12.0 Å². The molecule has 0 spiro atoms. The molecule has 1 N–H and O–H groups in total. The Morgan fingerprint density at radius 1 is 1.44 bits per heavy atom. The Morgan fingerprint density at radius 2 is 2.22 bits per heavy atom. The second-order valence-corrected chi connectivity index (χ2v) is 5.49. The minimum Gasteiger partial charge on any atom is -0.481 e. The highest BCUT2D eigenvalue weighted by Crippen LogP contribution is 2.20. The van der Waals surface area contributed by atoms with Gasteiger partial charge in [0.15, 0.2) is 0 Å². The number of aliphatic carboxylic acids is 1. The summed E-state index contributed by atoms with van der Waals surface area (Å²) in [6.07, 6.45) is 2.86. The fourth-order valence-corrected chi connectivity index (χ4v) is 2.90. The van der Waals surface area contributed by atoms with Gasteiger partial charge in [-0.15, -0.1) is 11.8 Å². The molecule has 6 heteroatoms. The maximum Gasteiger partial charge on any atom is 0.305 e. The molecule has 1 fully saturated rings. The van der Waals surface area contributed by atoms with E-state index in [2.05, 4.69) is 0 Å². The number of carbonyl (C=O) groups is 2. The second kappa shape index (κ2) is 8.37. The van der Waals surface area contributed by atoms with Crippen LogP contribution in [0.15, 0.2) is 0 Å². The molecule has 1 unspecified atom stereocenters. The van der Waals surface area contributed by atoms with E-state index in [1.165, 1.54) is 11.8 Å². The summed E-state index contributed by atoms with van der Waals surface area (Å²) in [4.78, 5) is 24.5. The lowest BCUT2D eigenvalue weighted by Crippen LogP contribution is -2.45. The van der Waals surface area contributed by atoms with Crippen molar-refractivity contribution in [2.75, 3.05) is 31.8 Å². The highest BCUT2D eigenvalue weighted by atomic mass is 32.2. The van der Waals surface area contributed by atoms with Gasteiger partial charge in [-0.2, -0.15) is 0 Å². The van der Waals surface area contributed by atoms with Gasteiger partial charge in [-0.3, -0.25) is 9.59 Å². The van der Waals surface area contributed by atoms with Gasteiger partial charge >= 0.3 is 5.97 Å². The zero-order valence-corrected chi connectivity index (χ0v) is 11.6. The summed E-state index contributed by atoms with van der Waals surface area (Å²) in [5.41, 5.74) is 0. The molecule has 0 radical (unpaired) electrons. The highest BCUT2D eigenvalue weighted by Gasteiger charge is 2.27. The number of piperidine rings is 1. The number of carboxylic acids is 1. The van der Waals surface area contributed by atoms with Gasteiger partial charge in [-0.05, 0) is 19.3 Å². The normalized spacial score (nSPS) is 19.8. The molecule has 1 heterocycles. The van der Waals surface area contributed by atoms with Crippen LogP contribution in [0.3, 0.4) is 0 Å². The first kappa shape index (κ1) is 15.3. The molecule has 1 rings (SSSR count). The summed E-state index contributed by atoms with van der Waals surface area (Å²) < 4.78 is 4.92. The summed E-state index contributed by atoms with van der Waals surface area (Å²) >= 11 is 1.54. The van der Waals surface area contributed by atoms with Gasteiger partial charge in [0.25, 0.3) is 0 Å². The van der Waals surface area contributed by atoms with E-state index >= 15 is 0 Å². The average Bonchev–Trinajstić information content (AvgIpc) is 2.34. The molecule has 1 amide bonds. The van der Waals surface area contributed by atoms with Crippen LogP contribution < -0.4 is 0 Å². The molecule has 1 aliphatic heterocycles. The van der Waals surface area contributed by atoms with Gasteiger partial charge in [0, 0.05) is 25.4 Å². The summed E-state index contributed by atoms with van der Waals surface area (Å²) in [6.45, 7) is 1.33.